The molecule has 0 N–H and O–H groups in total. The number of hydrogen-bond donors (Lipinski definition) is 0. The highest BCUT2D eigenvalue weighted by molar-refractivity contribution is 7.79. The fourth-order valence-corrected chi connectivity index (χ4v) is 7.98. The predicted molar refractivity (Wildman–Crippen MR) is 170 cm³/mol. The summed E-state index contributed by atoms with van der Waals surface area (Å²) in [4.78, 5) is 1.26. The zero-order valence-electron chi connectivity index (χ0n) is 22.4. The molecule has 5 aromatic carbocycles. The number of fused-ring (bicyclic) bond motifs is 1. The largest absolute Gasteiger partial charge is 0.497 e. The van der Waals surface area contributed by atoms with E-state index in [-0.39, 0.29) is 0 Å². The molecule has 0 saturated heterocycles. The molecule has 0 saturated carbocycles. The maximum absolute atomic E-state index is 5.39. The molecule has 2 nitrogen and oxygen atoms in total. The van der Waals surface area contributed by atoms with E-state index in [0.29, 0.717) is 0 Å². The minimum Gasteiger partial charge on any atom is -0.497 e. The molecule has 0 aliphatic heterocycles. The first-order valence-corrected chi connectivity index (χ1v) is 15.0. The normalized spacial score (nSPS) is 10.7. The summed E-state index contributed by atoms with van der Waals surface area (Å²) in [6.45, 7) is 2.11. The van der Waals surface area contributed by atoms with Crippen LogP contribution < -0.4 is 25.4 Å². The third-order valence-electron chi connectivity index (χ3n) is 6.52. The Balaban J connectivity index is 0.000000158. The maximum Gasteiger partial charge on any atom is 0.123 e. The minimum atomic E-state index is -0.446. The molecule has 0 spiro atoms. The van der Waals surface area contributed by atoms with Gasteiger partial charge in [0.2, 0.25) is 0 Å². The van der Waals surface area contributed by atoms with Crippen LogP contribution in [0.25, 0.3) is 20.5 Å². The SMILES string of the molecule is COc1ccc(-c2cc3ccc(OC)c(C)c3s2)cc1.c1ccc(P(c2ccccc2)c2ccccc2)cc1. The van der Waals surface area contributed by atoms with Gasteiger partial charge < -0.3 is 9.47 Å². The Morgan fingerprint density at radius 1 is 0.564 bits per heavy atom. The van der Waals surface area contributed by atoms with Gasteiger partial charge in [-0.2, -0.15) is 0 Å². The average Bonchev–Trinajstić information content (AvgIpc) is 3.45. The molecule has 6 aromatic rings. The second-order valence-corrected chi connectivity index (χ2v) is 12.3. The summed E-state index contributed by atoms with van der Waals surface area (Å²) in [6.07, 6.45) is 0. The topological polar surface area (TPSA) is 18.5 Å². The highest BCUT2D eigenvalue weighted by Crippen LogP contribution is 2.38. The Bertz CT molecular complexity index is 1520. The monoisotopic (exact) mass is 546 g/mol. The summed E-state index contributed by atoms with van der Waals surface area (Å²) in [5, 5.41) is 5.46. The summed E-state index contributed by atoms with van der Waals surface area (Å²) in [6, 6.07) is 46.9. The van der Waals surface area contributed by atoms with E-state index in [9.17, 15) is 0 Å². The average molecular weight is 547 g/mol. The molecular weight excluding hydrogens is 515 g/mol. The van der Waals surface area contributed by atoms with Crippen LogP contribution in [-0.2, 0) is 0 Å². The fourth-order valence-electron chi connectivity index (χ4n) is 4.52. The number of aryl methyl sites for hydroxylation is 1. The second kappa shape index (κ2) is 12.8. The quantitative estimate of drug-likeness (QED) is 0.196. The molecule has 194 valence electrons. The van der Waals surface area contributed by atoms with Gasteiger partial charge in [0, 0.05) is 15.1 Å². The van der Waals surface area contributed by atoms with Crippen molar-refractivity contribution in [3.63, 3.8) is 0 Å². The predicted octanol–water partition coefficient (Wildman–Crippen LogP) is 8.34. The summed E-state index contributed by atoms with van der Waals surface area (Å²) < 4.78 is 11.9. The lowest BCUT2D eigenvalue weighted by atomic mass is 10.1. The van der Waals surface area contributed by atoms with Crippen LogP contribution in [0, 0.1) is 6.92 Å². The summed E-state index contributed by atoms with van der Waals surface area (Å²) in [5.41, 5.74) is 2.42. The van der Waals surface area contributed by atoms with Crippen molar-refractivity contribution in [3.8, 4) is 21.9 Å². The van der Waals surface area contributed by atoms with Crippen LogP contribution in [0.4, 0.5) is 0 Å². The second-order valence-electron chi connectivity index (χ2n) is 8.99. The molecule has 0 radical (unpaired) electrons. The van der Waals surface area contributed by atoms with Crippen LogP contribution in [0.5, 0.6) is 11.5 Å². The van der Waals surface area contributed by atoms with E-state index in [4.69, 9.17) is 9.47 Å². The molecule has 39 heavy (non-hydrogen) atoms. The van der Waals surface area contributed by atoms with Gasteiger partial charge in [-0.15, -0.1) is 11.3 Å². The number of benzene rings is 5. The number of methoxy groups -OCH3 is 2. The molecule has 4 heteroatoms. The van der Waals surface area contributed by atoms with Crippen molar-refractivity contribution in [2.45, 2.75) is 6.92 Å². The van der Waals surface area contributed by atoms with Gasteiger partial charge in [0.25, 0.3) is 0 Å². The molecule has 0 aliphatic rings. The van der Waals surface area contributed by atoms with Crippen LogP contribution in [0.1, 0.15) is 5.56 Å². The van der Waals surface area contributed by atoms with Gasteiger partial charge in [0.15, 0.2) is 0 Å². The van der Waals surface area contributed by atoms with Crippen molar-refractivity contribution in [3.05, 3.63) is 139 Å². The lowest BCUT2D eigenvalue weighted by Crippen LogP contribution is -2.20. The van der Waals surface area contributed by atoms with Crippen molar-refractivity contribution in [1.29, 1.82) is 0 Å². The minimum absolute atomic E-state index is 0.446. The number of hydrogen-bond acceptors (Lipinski definition) is 3. The van der Waals surface area contributed by atoms with Crippen molar-refractivity contribution in [2.24, 2.45) is 0 Å². The van der Waals surface area contributed by atoms with Gasteiger partial charge in [-0.3, -0.25) is 0 Å². The van der Waals surface area contributed by atoms with Crippen molar-refractivity contribution >= 4 is 45.3 Å². The Kier molecular flexibility index (Phi) is 8.73. The molecule has 1 heterocycles. The van der Waals surface area contributed by atoms with Crippen LogP contribution >= 0.6 is 19.3 Å². The van der Waals surface area contributed by atoms with Crippen LogP contribution in [0.15, 0.2) is 133 Å². The molecule has 0 atom stereocenters. The van der Waals surface area contributed by atoms with E-state index in [1.54, 1.807) is 25.6 Å². The number of thiophene rings is 1. The lowest BCUT2D eigenvalue weighted by Gasteiger charge is -2.18. The van der Waals surface area contributed by atoms with Crippen LogP contribution in [0.2, 0.25) is 0 Å². The highest BCUT2D eigenvalue weighted by atomic mass is 32.1. The van der Waals surface area contributed by atoms with Gasteiger partial charge in [-0.1, -0.05) is 91.0 Å². The molecule has 0 amide bonds. The Morgan fingerprint density at radius 2 is 1.08 bits per heavy atom. The zero-order chi connectivity index (χ0) is 27.0. The molecule has 0 aliphatic carbocycles. The Hall–Kier alpha value is -3.91. The zero-order valence-corrected chi connectivity index (χ0v) is 24.1. The van der Waals surface area contributed by atoms with E-state index < -0.39 is 7.92 Å². The molecule has 6 rings (SSSR count). The van der Waals surface area contributed by atoms with Gasteiger partial charge in [-0.05, 0) is 84.2 Å². The van der Waals surface area contributed by atoms with Crippen LogP contribution in [-0.4, -0.2) is 14.2 Å². The summed E-state index contributed by atoms with van der Waals surface area (Å²) in [7, 11) is 2.95. The van der Waals surface area contributed by atoms with Crippen molar-refractivity contribution in [1.82, 2.24) is 0 Å². The van der Waals surface area contributed by atoms with E-state index in [1.807, 2.05) is 18.2 Å². The van der Waals surface area contributed by atoms with Crippen LogP contribution in [0.3, 0.4) is 0 Å². The maximum atomic E-state index is 5.39. The molecule has 0 bridgehead atoms. The number of rotatable bonds is 6. The van der Waals surface area contributed by atoms with E-state index in [1.165, 1.54) is 42.0 Å². The molecule has 0 unspecified atom stereocenters. The molecule has 0 fully saturated rings. The van der Waals surface area contributed by atoms with Crippen molar-refractivity contribution < 1.29 is 9.47 Å². The fraction of sp³-hybridized carbons (Fsp3) is 0.0857. The molecular formula is C35H31O2PS. The number of ether oxygens (including phenoxy) is 2. The third-order valence-corrected chi connectivity index (χ3v) is 10.3. The Labute approximate surface area is 236 Å². The summed E-state index contributed by atoms with van der Waals surface area (Å²) >= 11 is 1.80. The third kappa shape index (κ3) is 6.23. The highest BCUT2D eigenvalue weighted by Gasteiger charge is 2.15. The Morgan fingerprint density at radius 3 is 1.54 bits per heavy atom. The van der Waals surface area contributed by atoms with Gasteiger partial charge >= 0.3 is 0 Å². The van der Waals surface area contributed by atoms with Gasteiger partial charge in [-0.25, -0.2) is 0 Å². The first-order chi connectivity index (χ1) is 19.2. The van der Waals surface area contributed by atoms with Gasteiger partial charge in [0.05, 0.1) is 14.2 Å². The molecule has 1 aromatic heterocycles. The van der Waals surface area contributed by atoms with E-state index >= 15 is 0 Å². The van der Waals surface area contributed by atoms with Gasteiger partial charge in [0.1, 0.15) is 11.5 Å². The van der Waals surface area contributed by atoms with E-state index in [2.05, 4.69) is 122 Å². The first kappa shape index (κ1) is 26.7. The standard InChI is InChI=1S/C18H15P.C17H16O2S/c1-4-10-16(11-5-1)19(17-12-6-2-7-13-17)18-14-8-3-9-15-18;1-11-15(19-3)9-6-13-10-16(20-17(11)13)12-4-7-14(18-2)8-5-12/h1-15H;4-10H,1-3H3. The van der Waals surface area contributed by atoms with E-state index in [0.717, 1.165) is 11.5 Å². The van der Waals surface area contributed by atoms with Crippen molar-refractivity contribution in [2.75, 3.05) is 14.2 Å². The lowest BCUT2D eigenvalue weighted by molar-refractivity contribution is 0.412. The summed E-state index contributed by atoms with van der Waals surface area (Å²) in [5.74, 6) is 1.83. The first-order valence-electron chi connectivity index (χ1n) is 12.8. The smallest absolute Gasteiger partial charge is 0.123 e.